The van der Waals surface area contributed by atoms with Gasteiger partial charge in [0, 0.05) is 56.6 Å². The molecule has 5 rings (SSSR count). The van der Waals surface area contributed by atoms with Crippen LogP contribution < -0.4 is 0 Å². The Bertz CT molecular complexity index is 1940. The number of piperidine rings is 1. The maximum atomic E-state index is 14.4. The van der Waals surface area contributed by atoms with E-state index in [4.69, 9.17) is 23.7 Å². The van der Waals surface area contributed by atoms with Gasteiger partial charge in [-0.3, -0.25) is 19.2 Å². The summed E-state index contributed by atoms with van der Waals surface area (Å²) in [5, 5.41) is 35.0. The number of benzene rings is 1. The number of carbonyl (C=O) groups is 5. The minimum absolute atomic E-state index is 0.0102. The van der Waals surface area contributed by atoms with Gasteiger partial charge in [-0.15, -0.1) is 0 Å². The van der Waals surface area contributed by atoms with Crippen molar-refractivity contribution < 1.29 is 71.8 Å². The maximum Gasteiger partial charge on any atom is 0.329 e. The number of aliphatic hydroxyl groups excluding tert-OH is 2. The average Bonchev–Trinajstić information content (AvgIpc) is 3.27. The van der Waals surface area contributed by atoms with E-state index in [-0.39, 0.29) is 55.4 Å². The van der Waals surface area contributed by atoms with Gasteiger partial charge < -0.3 is 43.9 Å². The molecule has 368 valence electrons. The number of aliphatic hydroxyl groups is 3. The molecule has 1 aromatic rings. The summed E-state index contributed by atoms with van der Waals surface area (Å²) in [4.78, 5) is 70.7. The van der Waals surface area contributed by atoms with E-state index in [0.29, 0.717) is 56.6 Å². The molecule has 1 aliphatic carbocycles. The third-order valence-corrected chi connectivity index (χ3v) is 14.2. The number of rotatable bonds is 9. The molecule has 1 saturated carbocycles. The molecule has 2 saturated heterocycles. The zero-order valence-corrected chi connectivity index (χ0v) is 39.7. The molecule has 1 amide bonds. The van der Waals surface area contributed by atoms with Crippen LogP contribution in [0.15, 0.2) is 41.5 Å². The highest BCUT2D eigenvalue weighted by Crippen LogP contribution is 2.39. The first-order valence-electron chi connectivity index (χ1n) is 23.6. The van der Waals surface area contributed by atoms with Crippen LogP contribution in [0.1, 0.15) is 123 Å². The van der Waals surface area contributed by atoms with Crippen molar-refractivity contribution in [3.63, 3.8) is 0 Å². The number of halogens is 2. The predicted octanol–water partition coefficient (Wildman–Crippen LogP) is 6.00. The first kappa shape index (κ1) is 53.2. The molecule has 4 aliphatic rings. The monoisotopic (exact) mass is 931 g/mol. The number of fused-ring (bicyclic) bond motifs is 3. The van der Waals surface area contributed by atoms with Crippen molar-refractivity contribution in [2.45, 2.75) is 167 Å². The summed E-state index contributed by atoms with van der Waals surface area (Å²) in [6.07, 6.45) is 1.07. The molecule has 0 radical (unpaired) electrons. The highest BCUT2D eigenvalue weighted by Gasteiger charge is 2.56. The summed E-state index contributed by atoms with van der Waals surface area (Å²) in [7, 11) is 3.01. The molecule has 1 aromatic carbocycles. The number of Topliss-reactive ketones (excluding diaryl/α,β-unsaturated/α-hetero) is 3. The van der Waals surface area contributed by atoms with E-state index in [2.05, 4.69) is 0 Å². The molecule has 3 aliphatic heterocycles. The topological polar surface area (TPSA) is 195 Å². The Morgan fingerprint density at radius 1 is 0.909 bits per heavy atom. The average molecular weight is 932 g/mol. The Labute approximate surface area is 387 Å². The Balaban J connectivity index is 1.43. The van der Waals surface area contributed by atoms with Gasteiger partial charge in [0.15, 0.2) is 5.78 Å². The number of ether oxygens (including phenoxy) is 5. The molecular weight excluding hydrogens is 861 g/mol. The molecule has 3 N–H and O–H groups in total. The molecule has 14 atom stereocenters. The van der Waals surface area contributed by atoms with Crippen LogP contribution in [0.3, 0.4) is 0 Å². The van der Waals surface area contributed by atoms with E-state index in [1.54, 1.807) is 20.8 Å². The fourth-order valence-corrected chi connectivity index (χ4v) is 10.3. The van der Waals surface area contributed by atoms with Crippen molar-refractivity contribution in [2.75, 3.05) is 27.4 Å². The number of ketones is 3. The molecule has 14 unspecified atom stereocenters. The van der Waals surface area contributed by atoms with Gasteiger partial charge in [-0.05, 0) is 108 Å². The van der Waals surface area contributed by atoms with E-state index < -0.39 is 114 Å². The van der Waals surface area contributed by atoms with Gasteiger partial charge in [-0.25, -0.2) is 13.6 Å². The molecule has 0 aromatic heterocycles. The zero-order chi connectivity index (χ0) is 48.6. The van der Waals surface area contributed by atoms with E-state index in [0.717, 1.165) is 22.6 Å². The largest absolute Gasteiger partial charge is 0.456 e. The maximum absolute atomic E-state index is 14.4. The molecule has 3 fully saturated rings. The molecule has 0 spiro atoms. The number of amides is 1. The van der Waals surface area contributed by atoms with Gasteiger partial charge >= 0.3 is 5.97 Å². The number of nitrogens with zero attached hydrogens (tertiary/aromatic N) is 1. The normalized spacial score (nSPS) is 37.0. The third kappa shape index (κ3) is 12.9. The zero-order valence-electron chi connectivity index (χ0n) is 39.7. The van der Waals surface area contributed by atoms with Gasteiger partial charge in [-0.2, -0.15) is 0 Å². The standard InChI is InChI=1S/C50H71F2NO13/c1-9-33-17-27(2)16-28(3)18-43(62-7)46-44(63-8)20-30(5)50(61,66-46)47(58)48(59)53-15-11-10-12-37(53)49(60)65-45(31(6)38(54)25-39(33)55)29(4)19-32-13-14-42(40(56)21-32)64-26-41(57)34-22-35(51)24-36(52)23-34/h17,19,22-24,28,30-33,37-38,40,42-46,54,56,61H,9-16,18,20-21,25-26H2,1-8H3/b27-17+,29-19?. The van der Waals surface area contributed by atoms with Gasteiger partial charge in [-0.1, -0.05) is 45.4 Å². The molecule has 2 bridgehead atoms. The number of methoxy groups -OCH3 is 2. The number of carbonyl (C=O) groups excluding carboxylic acids is 5. The van der Waals surface area contributed by atoms with Crippen LogP contribution in [0.2, 0.25) is 0 Å². The van der Waals surface area contributed by atoms with Crippen molar-refractivity contribution in [1.29, 1.82) is 0 Å². The smallest absolute Gasteiger partial charge is 0.329 e. The van der Waals surface area contributed by atoms with Crippen LogP contribution in [0.4, 0.5) is 8.78 Å². The molecule has 14 nitrogen and oxygen atoms in total. The number of hydrogen-bond donors (Lipinski definition) is 3. The number of allylic oxidation sites excluding steroid dienone is 3. The highest BCUT2D eigenvalue weighted by atomic mass is 19.1. The van der Waals surface area contributed by atoms with Crippen molar-refractivity contribution in [3.05, 3.63) is 58.7 Å². The summed E-state index contributed by atoms with van der Waals surface area (Å²) in [5.74, 6) is -10.8. The van der Waals surface area contributed by atoms with E-state index in [1.165, 1.54) is 14.2 Å². The second-order valence-corrected chi connectivity index (χ2v) is 19.3. The van der Waals surface area contributed by atoms with Gasteiger partial charge in [0.2, 0.25) is 5.79 Å². The Morgan fingerprint density at radius 3 is 2.21 bits per heavy atom. The summed E-state index contributed by atoms with van der Waals surface area (Å²) >= 11 is 0. The predicted molar refractivity (Wildman–Crippen MR) is 238 cm³/mol. The minimum atomic E-state index is -2.56. The highest BCUT2D eigenvalue weighted by molar-refractivity contribution is 6.39. The Hall–Kier alpha value is -3.77. The molecule has 16 heteroatoms. The number of esters is 1. The lowest BCUT2D eigenvalue weighted by Gasteiger charge is -2.47. The van der Waals surface area contributed by atoms with E-state index in [9.17, 15) is 48.1 Å². The lowest BCUT2D eigenvalue weighted by atomic mass is 9.81. The van der Waals surface area contributed by atoms with Crippen molar-refractivity contribution >= 4 is 29.2 Å². The summed E-state index contributed by atoms with van der Waals surface area (Å²) < 4.78 is 57.4. The second kappa shape index (κ2) is 23.5. The lowest BCUT2D eigenvalue weighted by molar-refractivity contribution is -0.302. The van der Waals surface area contributed by atoms with Crippen LogP contribution in [0.5, 0.6) is 0 Å². The molecule has 3 heterocycles. The minimum Gasteiger partial charge on any atom is -0.456 e. The van der Waals surface area contributed by atoms with Crippen LogP contribution in [0, 0.1) is 41.2 Å². The quantitative estimate of drug-likeness (QED) is 0.113. The summed E-state index contributed by atoms with van der Waals surface area (Å²) in [5.41, 5.74) is 1.28. The van der Waals surface area contributed by atoms with Crippen molar-refractivity contribution in [1.82, 2.24) is 4.90 Å². The first-order chi connectivity index (χ1) is 31.2. The van der Waals surface area contributed by atoms with Crippen molar-refractivity contribution in [3.8, 4) is 0 Å². The Kier molecular flexibility index (Phi) is 18.9. The molecular formula is C50H71F2NO13. The SMILES string of the molecule is CCC1/C=C(\C)CC(C)CC(OC)C2OC(O)(C(=O)C(=O)N3CCCCC3C(=O)OC(C(C)=CC3CCC(OCC(=O)c4cc(F)cc(F)c4)C(O)C3)C(C)C(O)CC1=O)C(C)CC2OC. The van der Waals surface area contributed by atoms with E-state index >= 15 is 0 Å². The number of hydrogen-bond acceptors (Lipinski definition) is 13. The summed E-state index contributed by atoms with van der Waals surface area (Å²) in [6.45, 7) is 10.4. The van der Waals surface area contributed by atoms with Crippen LogP contribution in [-0.2, 0) is 42.9 Å². The first-order valence-corrected chi connectivity index (χ1v) is 23.6. The fraction of sp³-hybridized carbons (Fsp3) is 0.700. The van der Waals surface area contributed by atoms with E-state index in [1.807, 2.05) is 32.9 Å². The second-order valence-electron chi connectivity index (χ2n) is 19.3. The Morgan fingerprint density at radius 2 is 1.58 bits per heavy atom. The lowest BCUT2D eigenvalue weighted by Crippen LogP contribution is -2.64. The van der Waals surface area contributed by atoms with Gasteiger partial charge in [0.25, 0.3) is 11.7 Å². The van der Waals surface area contributed by atoms with Crippen LogP contribution in [-0.4, -0.2) is 131 Å². The fourth-order valence-electron chi connectivity index (χ4n) is 10.3. The third-order valence-electron chi connectivity index (χ3n) is 14.2. The summed E-state index contributed by atoms with van der Waals surface area (Å²) in [6, 6.07) is 1.27. The molecule has 66 heavy (non-hydrogen) atoms. The van der Waals surface area contributed by atoms with Gasteiger partial charge in [0.1, 0.15) is 42.3 Å². The van der Waals surface area contributed by atoms with Crippen molar-refractivity contribution in [2.24, 2.45) is 29.6 Å². The van der Waals surface area contributed by atoms with Gasteiger partial charge in [0.05, 0.1) is 30.5 Å². The van der Waals surface area contributed by atoms with Crippen LogP contribution in [0.25, 0.3) is 0 Å². The number of cyclic esters (lactones) is 1. The van der Waals surface area contributed by atoms with Crippen LogP contribution >= 0.6 is 0 Å².